The Labute approximate surface area is 263 Å². The van der Waals surface area contributed by atoms with Gasteiger partial charge in [0, 0.05) is 39.3 Å². The van der Waals surface area contributed by atoms with Gasteiger partial charge >= 0.3 is 5.97 Å². The first-order valence-electron chi connectivity index (χ1n) is 14.5. The number of hydrogen-bond acceptors (Lipinski definition) is 13. The van der Waals surface area contributed by atoms with Crippen LogP contribution in [-0.2, 0) is 32.1 Å². The standard InChI is InChI=1S/C14H18ClN5O2.C13H16ClN5O3/c15-13-17-11(19-5-7-22-8-6-19)10-12(18-13)20(9-16-10)4-3-14(21)1-2-14;1-21-9(20)2-3-19-8-15-10-11(16-13(14)17-12(10)19)18-4-6-22-7-5-18/h9,21H,1-8H2;8H,2-7H2,1H3. The minimum Gasteiger partial charge on any atom is -0.469 e. The third-order valence-electron chi connectivity index (χ3n) is 7.89. The van der Waals surface area contributed by atoms with Crippen LogP contribution in [0.15, 0.2) is 12.7 Å². The van der Waals surface area contributed by atoms with Crippen LogP contribution >= 0.6 is 23.2 Å². The number of halogens is 2. The van der Waals surface area contributed by atoms with Crippen molar-refractivity contribution in [3.63, 3.8) is 0 Å². The highest BCUT2D eigenvalue weighted by atomic mass is 35.5. The molecule has 44 heavy (non-hydrogen) atoms. The Balaban J connectivity index is 0.000000156. The average Bonchev–Trinajstić information content (AvgIpc) is 3.44. The molecular weight excluding hydrogens is 615 g/mol. The summed E-state index contributed by atoms with van der Waals surface area (Å²) < 4.78 is 19.1. The van der Waals surface area contributed by atoms with E-state index in [9.17, 15) is 9.90 Å². The van der Waals surface area contributed by atoms with Crippen LogP contribution in [0.2, 0.25) is 10.6 Å². The minimum atomic E-state index is -0.486. The highest BCUT2D eigenvalue weighted by Crippen LogP contribution is 2.39. The number of anilines is 2. The first-order valence-corrected chi connectivity index (χ1v) is 15.3. The largest absolute Gasteiger partial charge is 0.469 e. The summed E-state index contributed by atoms with van der Waals surface area (Å²) in [6, 6.07) is 0. The monoisotopic (exact) mass is 648 g/mol. The number of rotatable bonds is 8. The summed E-state index contributed by atoms with van der Waals surface area (Å²) in [7, 11) is 1.37. The molecule has 17 heteroatoms. The molecule has 1 saturated carbocycles. The van der Waals surface area contributed by atoms with E-state index >= 15 is 0 Å². The molecule has 6 heterocycles. The Kier molecular flexibility index (Phi) is 9.28. The number of ether oxygens (including phenoxy) is 3. The second-order valence-electron chi connectivity index (χ2n) is 10.9. The molecule has 1 N–H and O–H groups in total. The second-order valence-corrected chi connectivity index (χ2v) is 11.5. The van der Waals surface area contributed by atoms with Gasteiger partial charge in [0.1, 0.15) is 0 Å². The summed E-state index contributed by atoms with van der Waals surface area (Å²) in [6.07, 6.45) is 6.13. The van der Waals surface area contributed by atoms with Crippen molar-refractivity contribution in [3.05, 3.63) is 23.2 Å². The van der Waals surface area contributed by atoms with Gasteiger partial charge in [-0.25, -0.2) is 9.97 Å². The van der Waals surface area contributed by atoms with E-state index in [0.717, 1.165) is 56.0 Å². The lowest BCUT2D eigenvalue weighted by Crippen LogP contribution is -2.37. The third-order valence-corrected chi connectivity index (χ3v) is 8.23. The van der Waals surface area contributed by atoms with E-state index in [4.69, 9.17) is 32.7 Å². The number of morpholine rings is 2. The number of aliphatic hydroxyl groups is 1. The quantitative estimate of drug-likeness (QED) is 0.219. The second kappa shape index (κ2) is 13.3. The molecule has 0 unspecified atom stereocenters. The van der Waals surface area contributed by atoms with Gasteiger partial charge in [0.15, 0.2) is 34.0 Å². The molecule has 1 aliphatic carbocycles. The number of methoxy groups -OCH3 is 1. The van der Waals surface area contributed by atoms with Crippen LogP contribution < -0.4 is 9.80 Å². The Morgan fingerprint density at radius 3 is 1.77 bits per heavy atom. The first kappa shape index (κ1) is 30.6. The third kappa shape index (κ3) is 6.96. The Morgan fingerprint density at radius 1 is 0.841 bits per heavy atom. The van der Waals surface area contributed by atoms with Gasteiger partial charge in [0.2, 0.25) is 10.6 Å². The zero-order valence-electron chi connectivity index (χ0n) is 24.4. The molecule has 0 atom stereocenters. The van der Waals surface area contributed by atoms with Crippen molar-refractivity contribution in [2.75, 3.05) is 69.5 Å². The summed E-state index contributed by atoms with van der Waals surface area (Å²) in [5.74, 6) is 1.19. The smallest absolute Gasteiger partial charge is 0.307 e. The van der Waals surface area contributed by atoms with E-state index < -0.39 is 5.60 Å². The highest BCUT2D eigenvalue weighted by molar-refractivity contribution is 6.29. The molecule has 15 nitrogen and oxygen atoms in total. The van der Waals surface area contributed by atoms with Crippen molar-refractivity contribution < 1.29 is 24.1 Å². The maximum absolute atomic E-state index is 11.3. The molecule has 0 aromatic carbocycles. The fourth-order valence-electron chi connectivity index (χ4n) is 5.16. The van der Waals surface area contributed by atoms with Crippen molar-refractivity contribution >= 4 is 63.1 Å². The number of aromatic nitrogens is 8. The molecule has 0 bridgehead atoms. The van der Waals surface area contributed by atoms with Gasteiger partial charge in [-0.1, -0.05) is 0 Å². The van der Waals surface area contributed by atoms with Crippen LogP contribution in [0, 0.1) is 0 Å². The van der Waals surface area contributed by atoms with E-state index in [1.54, 1.807) is 17.2 Å². The maximum atomic E-state index is 11.3. The van der Waals surface area contributed by atoms with Crippen LogP contribution in [0.4, 0.5) is 11.6 Å². The lowest BCUT2D eigenvalue weighted by atomic mass is 10.2. The first-order chi connectivity index (χ1) is 21.3. The number of nitrogens with zero attached hydrogens (tertiary/aromatic N) is 10. The van der Waals surface area contributed by atoms with Gasteiger partial charge in [0.25, 0.3) is 0 Å². The van der Waals surface area contributed by atoms with E-state index in [2.05, 4.69) is 44.4 Å². The van der Waals surface area contributed by atoms with Crippen LogP contribution in [0.3, 0.4) is 0 Å². The molecule has 3 aliphatic rings. The molecule has 2 saturated heterocycles. The topological polar surface area (TPSA) is 159 Å². The molecule has 236 valence electrons. The summed E-state index contributed by atoms with van der Waals surface area (Å²) in [5, 5.41) is 10.4. The van der Waals surface area contributed by atoms with E-state index in [1.807, 2.05) is 4.57 Å². The van der Waals surface area contributed by atoms with E-state index in [1.165, 1.54) is 7.11 Å². The summed E-state index contributed by atoms with van der Waals surface area (Å²) in [6.45, 7) is 6.77. The molecule has 7 rings (SSSR count). The van der Waals surface area contributed by atoms with Crippen molar-refractivity contribution in [2.45, 2.75) is 44.4 Å². The maximum Gasteiger partial charge on any atom is 0.307 e. The van der Waals surface area contributed by atoms with E-state index in [0.29, 0.717) is 62.9 Å². The number of aryl methyl sites for hydroxylation is 2. The lowest BCUT2D eigenvalue weighted by molar-refractivity contribution is -0.140. The van der Waals surface area contributed by atoms with Crippen molar-refractivity contribution in [3.8, 4) is 0 Å². The lowest BCUT2D eigenvalue weighted by Gasteiger charge is -2.27. The minimum absolute atomic E-state index is 0.161. The average molecular weight is 650 g/mol. The predicted octanol–water partition coefficient (Wildman–Crippen LogP) is 2.11. The van der Waals surface area contributed by atoms with Gasteiger partial charge in [-0.15, -0.1) is 0 Å². The summed E-state index contributed by atoms with van der Waals surface area (Å²) in [4.78, 5) is 41.6. The fourth-order valence-corrected chi connectivity index (χ4v) is 5.48. The molecule has 3 fully saturated rings. The van der Waals surface area contributed by atoms with Gasteiger partial charge in [0.05, 0.1) is 58.2 Å². The Hall–Kier alpha value is -3.37. The molecule has 4 aromatic heterocycles. The molecular formula is C27H34Cl2N10O5. The van der Waals surface area contributed by atoms with Crippen molar-refractivity contribution in [1.82, 2.24) is 39.0 Å². The van der Waals surface area contributed by atoms with Gasteiger partial charge in [-0.05, 0) is 42.5 Å². The van der Waals surface area contributed by atoms with Crippen molar-refractivity contribution in [1.29, 1.82) is 0 Å². The van der Waals surface area contributed by atoms with E-state index in [-0.39, 0.29) is 23.0 Å². The number of esters is 1. The van der Waals surface area contributed by atoms with Gasteiger partial charge < -0.3 is 38.3 Å². The molecule has 0 radical (unpaired) electrons. The van der Waals surface area contributed by atoms with Crippen LogP contribution in [0.5, 0.6) is 0 Å². The van der Waals surface area contributed by atoms with Gasteiger partial charge in [-0.3, -0.25) is 4.79 Å². The van der Waals surface area contributed by atoms with Crippen LogP contribution in [0.25, 0.3) is 22.3 Å². The van der Waals surface area contributed by atoms with Crippen LogP contribution in [-0.4, -0.2) is 115 Å². The number of fused-ring (bicyclic) bond motifs is 2. The SMILES string of the molecule is COC(=O)CCn1cnc2c(N3CCOCC3)nc(Cl)nc21.OC1(CCn2cnc3c(N4CCOCC4)nc(Cl)nc32)CC1. The van der Waals surface area contributed by atoms with Crippen molar-refractivity contribution in [2.24, 2.45) is 0 Å². The number of imidazole rings is 2. The molecule has 0 spiro atoms. The highest BCUT2D eigenvalue weighted by Gasteiger charge is 2.39. The zero-order valence-corrected chi connectivity index (χ0v) is 25.9. The van der Waals surface area contributed by atoms with Crippen LogP contribution in [0.1, 0.15) is 25.7 Å². The number of carbonyl (C=O) groups excluding carboxylic acids is 1. The zero-order chi connectivity index (χ0) is 30.7. The number of carbonyl (C=O) groups is 1. The van der Waals surface area contributed by atoms with Gasteiger partial charge in [-0.2, -0.15) is 19.9 Å². The normalized spacial score (nSPS) is 17.9. The number of hydrogen-bond donors (Lipinski definition) is 1. The predicted molar refractivity (Wildman–Crippen MR) is 162 cm³/mol. The molecule has 0 amide bonds. The summed E-state index contributed by atoms with van der Waals surface area (Å²) in [5.41, 5.74) is 2.29. The summed E-state index contributed by atoms with van der Waals surface area (Å²) >= 11 is 12.2. The Morgan fingerprint density at radius 2 is 1.32 bits per heavy atom. The Bertz CT molecular complexity index is 1620. The fraction of sp³-hybridized carbons (Fsp3) is 0.593. The molecule has 2 aliphatic heterocycles. The molecule has 4 aromatic rings.